The van der Waals surface area contributed by atoms with E-state index < -0.39 is 10.0 Å². The maximum Gasteiger partial charge on any atom is 0.245 e. The van der Waals surface area contributed by atoms with Crippen molar-refractivity contribution in [2.75, 3.05) is 12.3 Å². The van der Waals surface area contributed by atoms with Crippen LogP contribution in [0.2, 0.25) is 5.02 Å². The predicted molar refractivity (Wildman–Crippen MR) is 81.5 cm³/mol. The molecular weight excluding hydrogens is 316 g/mol. The van der Waals surface area contributed by atoms with Crippen molar-refractivity contribution >= 4 is 38.6 Å². The molecule has 0 aliphatic carbocycles. The van der Waals surface area contributed by atoms with E-state index in [1.54, 1.807) is 17.4 Å². The van der Waals surface area contributed by atoms with E-state index in [9.17, 15) is 8.42 Å². The fourth-order valence-electron chi connectivity index (χ4n) is 2.30. The number of anilines is 1. The van der Waals surface area contributed by atoms with Gasteiger partial charge in [-0.3, -0.25) is 0 Å². The van der Waals surface area contributed by atoms with E-state index in [-0.39, 0.29) is 10.6 Å². The van der Waals surface area contributed by atoms with Gasteiger partial charge < -0.3 is 5.73 Å². The number of nitrogens with zero attached hydrogens (tertiary/aromatic N) is 1. The van der Waals surface area contributed by atoms with E-state index in [4.69, 9.17) is 17.3 Å². The van der Waals surface area contributed by atoms with Gasteiger partial charge in [-0.05, 0) is 41.6 Å². The average molecular weight is 329 g/mol. The Hall–Kier alpha value is -1.08. The number of hydrogen-bond acceptors (Lipinski definition) is 4. The minimum Gasteiger partial charge on any atom is -0.398 e. The van der Waals surface area contributed by atoms with E-state index in [1.807, 2.05) is 11.4 Å². The molecule has 1 aromatic carbocycles. The number of thiophene rings is 1. The Morgan fingerprint density at radius 2 is 2.10 bits per heavy atom. The summed E-state index contributed by atoms with van der Waals surface area (Å²) in [6.45, 7) is 0.870. The Bertz CT molecular complexity index is 755. The Morgan fingerprint density at radius 3 is 2.90 bits per heavy atom. The van der Waals surface area contributed by atoms with Crippen molar-refractivity contribution in [1.82, 2.24) is 4.31 Å². The van der Waals surface area contributed by atoms with Crippen LogP contribution in [0.1, 0.15) is 10.4 Å². The summed E-state index contributed by atoms with van der Waals surface area (Å²) in [7, 11) is -3.61. The second-order valence-corrected chi connectivity index (χ2v) is 7.98. The lowest BCUT2D eigenvalue weighted by Gasteiger charge is -2.26. The molecule has 2 aromatic rings. The molecule has 0 saturated heterocycles. The highest BCUT2D eigenvalue weighted by molar-refractivity contribution is 7.89. The van der Waals surface area contributed by atoms with Crippen molar-refractivity contribution in [3.05, 3.63) is 45.1 Å². The monoisotopic (exact) mass is 328 g/mol. The minimum atomic E-state index is -3.61. The first-order valence-corrected chi connectivity index (χ1v) is 8.78. The van der Waals surface area contributed by atoms with E-state index in [0.29, 0.717) is 18.1 Å². The summed E-state index contributed by atoms with van der Waals surface area (Å²) in [6.07, 6.45) is 0.743. The maximum atomic E-state index is 12.7. The lowest BCUT2D eigenvalue weighted by molar-refractivity contribution is 0.394. The summed E-state index contributed by atoms with van der Waals surface area (Å²) in [5.74, 6) is 0. The maximum absolute atomic E-state index is 12.7. The molecule has 0 spiro atoms. The van der Waals surface area contributed by atoms with Crippen molar-refractivity contribution in [2.45, 2.75) is 17.9 Å². The van der Waals surface area contributed by atoms with Gasteiger partial charge in [-0.2, -0.15) is 4.31 Å². The van der Waals surface area contributed by atoms with Gasteiger partial charge in [0.2, 0.25) is 10.0 Å². The summed E-state index contributed by atoms with van der Waals surface area (Å²) < 4.78 is 26.8. The molecule has 7 heteroatoms. The van der Waals surface area contributed by atoms with Gasteiger partial charge in [0, 0.05) is 23.0 Å². The van der Waals surface area contributed by atoms with Crippen LogP contribution in [0.5, 0.6) is 0 Å². The van der Waals surface area contributed by atoms with E-state index in [2.05, 4.69) is 0 Å². The average Bonchev–Trinajstić information content (AvgIpc) is 2.88. The molecule has 2 heterocycles. The SMILES string of the molecule is Nc1ccc(Cl)cc1S(=O)(=O)N1CCc2sccc2C1. The number of fused-ring (bicyclic) bond motifs is 1. The molecule has 0 radical (unpaired) electrons. The third-order valence-electron chi connectivity index (χ3n) is 3.37. The zero-order valence-electron chi connectivity index (χ0n) is 10.5. The van der Waals surface area contributed by atoms with Gasteiger partial charge in [0.1, 0.15) is 4.90 Å². The molecule has 20 heavy (non-hydrogen) atoms. The third-order valence-corrected chi connectivity index (χ3v) is 6.53. The zero-order chi connectivity index (χ0) is 14.3. The second kappa shape index (κ2) is 5.04. The van der Waals surface area contributed by atoms with Crippen LogP contribution in [0.15, 0.2) is 34.5 Å². The second-order valence-electron chi connectivity index (χ2n) is 4.64. The van der Waals surface area contributed by atoms with Crippen molar-refractivity contribution in [3.63, 3.8) is 0 Å². The van der Waals surface area contributed by atoms with Crippen molar-refractivity contribution in [2.24, 2.45) is 0 Å². The summed E-state index contributed by atoms with van der Waals surface area (Å²) in [6, 6.07) is 6.50. The predicted octanol–water partition coefficient (Wildman–Crippen LogP) is 2.73. The first-order chi connectivity index (χ1) is 9.48. The van der Waals surface area contributed by atoms with Crippen LogP contribution in [0.25, 0.3) is 0 Å². The van der Waals surface area contributed by atoms with E-state index >= 15 is 0 Å². The van der Waals surface area contributed by atoms with Crippen LogP contribution >= 0.6 is 22.9 Å². The van der Waals surface area contributed by atoms with Crippen LogP contribution in [-0.4, -0.2) is 19.3 Å². The summed E-state index contributed by atoms with van der Waals surface area (Å²) in [5.41, 5.74) is 7.10. The lowest BCUT2D eigenvalue weighted by atomic mass is 10.1. The summed E-state index contributed by atoms with van der Waals surface area (Å²) in [5, 5.41) is 2.36. The number of nitrogens with two attached hydrogens (primary N) is 1. The highest BCUT2D eigenvalue weighted by Crippen LogP contribution is 2.31. The molecule has 1 aliphatic rings. The molecule has 1 aromatic heterocycles. The van der Waals surface area contributed by atoms with Gasteiger partial charge in [-0.15, -0.1) is 11.3 Å². The normalized spacial score (nSPS) is 16.1. The highest BCUT2D eigenvalue weighted by atomic mass is 35.5. The largest absolute Gasteiger partial charge is 0.398 e. The number of sulfonamides is 1. The molecule has 0 fully saturated rings. The fraction of sp³-hybridized carbons (Fsp3) is 0.231. The number of halogens is 1. The smallest absolute Gasteiger partial charge is 0.245 e. The molecule has 2 N–H and O–H groups in total. The number of benzene rings is 1. The topological polar surface area (TPSA) is 63.4 Å². The van der Waals surface area contributed by atoms with Crippen LogP contribution in [-0.2, 0) is 23.0 Å². The van der Waals surface area contributed by atoms with Gasteiger partial charge >= 0.3 is 0 Å². The molecule has 0 amide bonds. The number of hydrogen-bond donors (Lipinski definition) is 1. The van der Waals surface area contributed by atoms with Gasteiger partial charge in [-0.25, -0.2) is 8.42 Å². The van der Waals surface area contributed by atoms with Gasteiger partial charge in [-0.1, -0.05) is 11.6 Å². The Labute approximate surface area is 126 Å². The summed E-state index contributed by atoms with van der Waals surface area (Å²) >= 11 is 7.56. The minimum absolute atomic E-state index is 0.0867. The Morgan fingerprint density at radius 1 is 1.30 bits per heavy atom. The van der Waals surface area contributed by atoms with Crippen molar-refractivity contribution < 1.29 is 8.42 Å². The number of nitrogen functional groups attached to an aromatic ring is 1. The first kappa shape index (κ1) is 13.9. The summed E-state index contributed by atoms with van der Waals surface area (Å²) in [4.78, 5) is 1.35. The van der Waals surface area contributed by atoms with Crippen LogP contribution in [0, 0.1) is 0 Å². The van der Waals surface area contributed by atoms with Crippen LogP contribution in [0.3, 0.4) is 0 Å². The van der Waals surface area contributed by atoms with Gasteiger partial charge in [0.25, 0.3) is 0 Å². The molecule has 106 valence electrons. The molecule has 1 aliphatic heterocycles. The van der Waals surface area contributed by atoms with E-state index in [1.165, 1.54) is 21.3 Å². The van der Waals surface area contributed by atoms with Crippen molar-refractivity contribution in [1.29, 1.82) is 0 Å². The molecule has 0 bridgehead atoms. The molecule has 0 saturated carbocycles. The lowest BCUT2D eigenvalue weighted by Crippen LogP contribution is -2.35. The fourth-order valence-corrected chi connectivity index (χ4v) is 4.99. The quantitative estimate of drug-likeness (QED) is 0.862. The zero-order valence-corrected chi connectivity index (χ0v) is 12.9. The highest BCUT2D eigenvalue weighted by Gasteiger charge is 2.30. The Balaban J connectivity index is 1.99. The van der Waals surface area contributed by atoms with Gasteiger partial charge in [0.05, 0.1) is 5.69 Å². The van der Waals surface area contributed by atoms with E-state index in [0.717, 1.165) is 12.0 Å². The Kier molecular flexibility index (Phi) is 3.50. The van der Waals surface area contributed by atoms with Gasteiger partial charge in [0.15, 0.2) is 0 Å². The van der Waals surface area contributed by atoms with Crippen LogP contribution in [0.4, 0.5) is 5.69 Å². The molecule has 3 rings (SSSR count). The van der Waals surface area contributed by atoms with Crippen LogP contribution < -0.4 is 5.73 Å². The first-order valence-electron chi connectivity index (χ1n) is 6.09. The van der Waals surface area contributed by atoms with Crippen molar-refractivity contribution in [3.8, 4) is 0 Å². The standard InChI is InChI=1S/C13H13ClN2O2S2/c14-10-1-2-11(15)13(7-10)20(17,18)16-5-3-12-9(8-16)4-6-19-12/h1-2,4,6-7H,3,5,8,15H2. The molecule has 4 nitrogen and oxygen atoms in total. The molecule has 0 atom stereocenters. The molecule has 0 unspecified atom stereocenters. The third kappa shape index (κ3) is 2.33. The number of rotatable bonds is 2. The molecular formula is C13H13ClN2O2S2.